The third kappa shape index (κ3) is 4.33. The monoisotopic (exact) mass is 313 g/mol. The molecule has 0 radical (unpaired) electrons. The van der Waals surface area contributed by atoms with E-state index in [1.807, 2.05) is 0 Å². The van der Waals surface area contributed by atoms with Crippen molar-refractivity contribution in [3.8, 4) is 5.75 Å². The van der Waals surface area contributed by atoms with Gasteiger partial charge in [-0.05, 0) is 32.0 Å². The molecule has 1 unspecified atom stereocenters. The molecule has 21 heavy (non-hydrogen) atoms. The molecule has 0 aliphatic carbocycles. The van der Waals surface area contributed by atoms with E-state index >= 15 is 0 Å². The first-order chi connectivity index (χ1) is 9.97. The summed E-state index contributed by atoms with van der Waals surface area (Å²) in [4.78, 5) is 13.5. The van der Waals surface area contributed by atoms with E-state index in [9.17, 15) is 4.79 Å². The predicted octanol–water partition coefficient (Wildman–Crippen LogP) is 2.53. The molecule has 1 aliphatic heterocycles. The van der Waals surface area contributed by atoms with Gasteiger partial charge in [-0.15, -0.1) is 0 Å². The first kappa shape index (κ1) is 16.1. The standard InChI is InChI=1S/C15H20ClNO4/c1-10(2)17-5-6-20-12(8-17)9-21-14-4-3-11(16)7-13(14)15(18)19/h3-4,7,10,12H,5-6,8-9H2,1-2H3,(H,18,19). The molecule has 1 heterocycles. The topological polar surface area (TPSA) is 59.0 Å². The van der Waals surface area contributed by atoms with Crippen LogP contribution in [0.25, 0.3) is 0 Å². The maximum absolute atomic E-state index is 11.2. The molecule has 1 aromatic carbocycles. The smallest absolute Gasteiger partial charge is 0.339 e. The van der Waals surface area contributed by atoms with Gasteiger partial charge in [-0.2, -0.15) is 0 Å². The Morgan fingerprint density at radius 3 is 3.00 bits per heavy atom. The number of hydrogen-bond acceptors (Lipinski definition) is 4. The van der Waals surface area contributed by atoms with E-state index in [1.165, 1.54) is 6.07 Å². The molecule has 0 saturated carbocycles. The van der Waals surface area contributed by atoms with Gasteiger partial charge in [0.2, 0.25) is 0 Å². The summed E-state index contributed by atoms with van der Waals surface area (Å²) >= 11 is 5.81. The van der Waals surface area contributed by atoms with Crippen molar-refractivity contribution in [2.24, 2.45) is 0 Å². The number of benzene rings is 1. The Bertz CT molecular complexity index is 506. The van der Waals surface area contributed by atoms with E-state index in [-0.39, 0.29) is 11.7 Å². The van der Waals surface area contributed by atoms with Crippen molar-refractivity contribution in [3.05, 3.63) is 28.8 Å². The van der Waals surface area contributed by atoms with E-state index in [2.05, 4.69) is 18.7 Å². The van der Waals surface area contributed by atoms with Gasteiger partial charge in [0, 0.05) is 24.2 Å². The first-order valence-corrected chi connectivity index (χ1v) is 7.36. The Kier molecular flexibility index (Phi) is 5.45. The molecule has 1 saturated heterocycles. The molecule has 0 aromatic heterocycles. The molecule has 0 spiro atoms. The van der Waals surface area contributed by atoms with Gasteiger partial charge in [0.1, 0.15) is 24.0 Å². The van der Waals surface area contributed by atoms with Gasteiger partial charge in [0.25, 0.3) is 0 Å². The molecule has 1 N–H and O–H groups in total. The van der Waals surface area contributed by atoms with E-state index in [1.54, 1.807) is 12.1 Å². The zero-order chi connectivity index (χ0) is 15.4. The van der Waals surface area contributed by atoms with Crippen molar-refractivity contribution in [3.63, 3.8) is 0 Å². The average Bonchev–Trinajstić information content (AvgIpc) is 2.46. The highest BCUT2D eigenvalue weighted by Crippen LogP contribution is 2.23. The number of halogens is 1. The number of carbonyl (C=O) groups is 1. The molecule has 1 fully saturated rings. The highest BCUT2D eigenvalue weighted by molar-refractivity contribution is 6.31. The summed E-state index contributed by atoms with van der Waals surface area (Å²) < 4.78 is 11.3. The van der Waals surface area contributed by atoms with Crippen molar-refractivity contribution in [2.75, 3.05) is 26.3 Å². The molecule has 6 heteroatoms. The Morgan fingerprint density at radius 1 is 1.57 bits per heavy atom. The summed E-state index contributed by atoms with van der Waals surface area (Å²) in [5.74, 6) is -0.738. The Hall–Kier alpha value is -1.30. The lowest BCUT2D eigenvalue weighted by Crippen LogP contribution is -2.47. The Morgan fingerprint density at radius 2 is 2.33 bits per heavy atom. The second-order valence-electron chi connectivity index (χ2n) is 5.34. The summed E-state index contributed by atoms with van der Waals surface area (Å²) in [6.45, 7) is 6.98. The number of ether oxygens (including phenoxy) is 2. The highest BCUT2D eigenvalue weighted by Gasteiger charge is 2.23. The Labute approximate surface area is 129 Å². The molecule has 1 aromatic rings. The van der Waals surface area contributed by atoms with Crippen LogP contribution >= 0.6 is 11.6 Å². The summed E-state index contributed by atoms with van der Waals surface area (Å²) in [5.41, 5.74) is 0.0685. The van der Waals surface area contributed by atoms with Gasteiger partial charge in [-0.3, -0.25) is 4.90 Å². The minimum atomic E-state index is -1.05. The van der Waals surface area contributed by atoms with E-state index in [4.69, 9.17) is 26.2 Å². The van der Waals surface area contributed by atoms with Gasteiger partial charge < -0.3 is 14.6 Å². The fourth-order valence-corrected chi connectivity index (χ4v) is 2.46. The van der Waals surface area contributed by atoms with Crippen molar-refractivity contribution in [1.82, 2.24) is 4.90 Å². The average molecular weight is 314 g/mol. The van der Waals surface area contributed by atoms with Crippen LogP contribution in [0.15, 0.2) is 18.2 Å². The van der Waals surface area contributed by atoms with Crippen LogP contribution in [-0.4, -0.2) is 54.4 Å². The van der Waals surface area contributed by atoms with Crippen LogP contribution in [0.5, 0.6) is 5.75 Å². The molecular formula is C15H20ClNO4. The van der Waals surface area contributed by atoms with Crippen LogP contribution in [-0.2, 0) is 4.74 Å². The molecule has 5 nitrogen and oxygen atoms in total. The zero-order valence-electron chi connectivity index (χ0n) is 12.2. The number of nitrogens with zero attached hydrogens (tertiary/aromatic N) is 1. The summed E-state index contributed by atoms with van der Waals surface area (Å²) in [5, 5.41) is 9.54. The van der Waals surface area contributed by atoms with Crippen molar-refractivity contribution in [2.45, 2.75) is 26.0 Å². The first-order valence-electron chi connectivity index (χ1n) is 6.98. The third-order valence-corrected chi connectivity index (χ3v) is 3.73. The maximum atomic E-state index is 11.2. The molecule has 2 rings (SSSR count). The number of rotatable bonds is 5. The number of aromatic carboxylic acids is 1. The lowest BCUT2D eigenvalue weighted by molar-refractivity contribution is -0.0565. The van der Waals surface area contributed by atoms with Gasteiger partial charge >= 0.3 is 5.97 Å². The maximum Gasteiger partial charge on any atom is 0.339 e. The fraction of sp³-hybridized carbons (Fsp3) is 0.533. The van der Waals surface area contributed by atoms with Crippen LogP contribution in [0.3, 0.4) is 0 Å². The van der Waals surface area contributed by atoms with Gasteiger partial charge in [0.15, 0.2) is 0 Å². The van der Waals surface area contributed by atoms with Crippen LogP contribution < -0.4 is 4.74 Å². The summed E-state index contributed by atoms with van der Waals surface area (Å²) in [6.07, 6.45) is -0.0570. The minimum Gasteiger partial charge on any atom is -0.490 e. The Balaban J connectivity index is 1.98. The van der Waals surface area contributed by atoms with Crippen LogP contribution in [0.1, 0.15) is 24.2 Å². The van der Waals surface area contributed by atoms with Crippen LogP contribution in [0, 0.1) is 0 Å². The predicted molar refractivity (Wildman–Crippen MR) is 80.4 cm³/mol. The summed E-state index contributed by atoms with van der Waals surface area (Å²) in [7, 11) is 0. The zero-order valence-corrected chi connectivity index (χ0v) is 13.0. The highest BCUT2D eigenvalue weighted by atomic mass is 35.5. The second kappa shape index (κ2) is 7.11. The lowest BCUT2D eigenvalue weighted by atomic mass is 10.2. The molecule has 1 aliphatic rings. The van der Waals surface area contributed by atoms with Crippen LogP contribution in [0.2, 0.25) is 5.02 Å². The number of hydrogen-bond donors (Lipinski definition) is 1. The number of carboxylic acids is 1. The largest absolute Gasteiger partial charge is 0.490 e. The second-order valence-corrected chi connectivity index (χ2v) is 5.77. The third-order valence-electron chi connectivity index (χ3n) is 3.50. The van der Waals surface area contributed by atoms with Gasteiger partial charge in [0.05, 0.1) is 6.61 Å². The normalized spacial score (nSPS) is 19.7. The van der Waals surface area contributed by atoms with Crippen molar-refractivity contribution >= 4 is 17.6 Å². The molecule has 116 valence electrons. The van der Waals surface area contributed by atoms with Gasteiger partial charge in [-0.1, -0.05) is 11.6 Å². The van der Waals surface area contributed by atoms with Crippen molar-refractivity contribution in [1.29, 1.82) is 0 Å². The molecule has 0 amide bonds. The fourth-order valence-electron chi connectivity index (χ4n) is 2.29. The lowest BCUT2D eigenvalue weighted by Gasteiger charge is -2.35. The molecule has 1 atom stereocenters. The minimum absolute atomic E-state index is 0.0570. The van der Waals surface area contributed by atoms with E-state index in [0.29, 0.717) is 30.0 Å². The van der Waals surface area contributed by atoms with E-state index in [0.717, 1.165) is 13.1 Å². The molecule has 0 bridgehead atoms. The summed E-state index contributed by atoms with van der Waals surface area (Å²) in [6, 6.07) is 5.04. The van der Waals surface area contributed by atoms with Gasteiger partial charge in [-0.25, -0.2) is 4.79 Å². The number of carboxylic acid groups (broad SMARTS) is 1. The number of morpholine rings is 1. The van der Waals surface area contributed by atoms with Crippen LogP contribution in [0.4, 0.5) is 0 Å². The SMILES string of the molecule is CC(C)N1CCOC(COc2ccc(Cl)cc2C(=O)O)C1. The van der Waals surface area contributed by atoms with Crippen molar-refractivity contribution < 1.29 is 19.4 Å². The van der Waals surface area contributed by atoms with E-state index < -0.39 is 5.97 Å². The molecular weight excluding hydrogens is 294 g/mol. The quantitative estimate of drug-likeness (QED) is 0.905.